The van der Waals surface area contributed by atoms with Crippen molar-refractivity contribution < 1.29 is 14.7 Å². The lowest BCUT2D eigenvalue weighted by Gasteiger charge is -2.12. The highest BCUT2D eigenvalue weighted by atomic mass is 16.4. The lowest BCUT2D eigenvalue weighted by molar-refractivity contribution is -0.137. The number of nitrogens with one attached hydrogen (secondary N) is 2. The molecular weight excluding hydrogens is 256 g/mol. The van der Waals surface area contributed by atoms with Crippen molar-refractivity contribution in [3.05, 3.63) is 35.4 Å². The molecule has 0 aliphatic carbocycles. The second-order valence-corrected chi connectivity index (χ2v) is 5.09. The molecule has 1 rings (SSSR count). The Morgan fingerprint density at radius 1 is 1.30 bits per heavy atom. The van der Waals surface area contributed by atoms with E-state index in [1.165, 1.54) is 0 Å². The average molecular weight is 278 g/mol. The van der Waals surface area contributed by atoms with Gasteiger partial charge in [-0.05, 0) is 24.8 Å². The number of hydrogen-bond acceptors (Lipinski definition) is 2. The topological polar surface area (TPSA) is 78.4 Å². The van der Waals surface area contributed by atoms with Crippen LogP contribution in [0.3, 0.4) is 0 Å². The summed E-state index contributed by atoms with van der Waals surface area (Å²) in [5.41, 5.74) is 2.21. The molecule has 0 saturated carbocycles. The lowest BCUT2D eigenvalue weighted by atomic mass is 10.1. The minimum Gasteiger partial charge on any atom is -0.481 e. The summed E-state index contributed by atoms with van der Waals surface area (Å²) in [6.07, 6.45) is 0.696. The molecule has 110 valence electrons. The van der Waals surface area contributed by atoms with Crippen LogP contribution in [0.25, 0.3) is 0 Å². The fourth-order valence-electron chi connectivity index (χ4n) is 1.81. The van der Waals surface area contributed by atoms with Gasteiger partial charge in [0.25, 0.3) is 0 Å². The average Bonchev–Trinajstić information content (AvgIpc) is 2.40. The van der Waals surface area contributed by atoms with Crippen molar-refractivity contribution in [2.45, 2.75) is 33.2 Å². The number of aliphatic carboxylic acids is 1. The zero-order chi connectivity index (χ0) is 15.0. The molecule has 5 nitrogen and oxygen atoms in total. The van der Waals surface area contributed by atoms with E-state index in [0.717, 1.165) is 11.1 Å². The fourth-order valence-corrected chi connectivity index (χ4v) is 1.81. The molecule has 2 amide bonds. The third-order valence-corrected chi connectivity index (χ3v) is 3.00. The van der Waals surface area contributed by atoms with Gasteiger partial charge in [0.05, 0.1) is 0 Å². The summed E-state index contributed by atoms with van der Waals surface area (Å²) in [4.78, 5) is 22.0. The van der Waals surface area contributed by atoms with E-state index < -0.39 is 5.97 Å². The van der Waals surface area contributed by atoms with E-state index in [1.807, 2.05) is 38.1 Å². The first kappa shape index (κ1) is 16.0. The van der Waals surface area contributed by atoms with Crippen molar-refractivity contribution in [3.8, 4) is 0 Å². The van der Waals surface area contributed by atoms with Crippen LogP contribution in [0.5, 0.6) is 0 Å². The molecule has 0 bridgehead atoms. The highest BCUT2D eigenvalue weighted by Gasteiger charge is 2.07. The Balaban J connectivity index is 2.22. The van der Waals surface area contributed by atoms with E-state index in [2.05, 4.69) is 10.6 Å². The zero-order valence-electron chi connectivity index (χ0n) is 12.0. The van der Waals surface area contributed by atoms with Gasteiger partial charge in [-0.25, -0.2) is 4.79 Å². The molecule has 0 heterocycles. The fraction of sp³-hybridized carbons (Fsp3) is 0.467. The summed E-state index contributed by atoms with van der Waals surface area (Å²) < 4.78 is 0. The van der Waals surface area contributed by atoms with Crippen LogP contribution in [0.15, 0.2) is 24.3 Å². The monoisotopic (exact) mass is 278 g/mol. The number of carbonyl (C=O) groups is 2. The maximum Gasteiger partial charge on any atom is 0.315 e. The number of amides is 2. The number of carboxylic acids is 1. The number of benzene rings is 1. The Labute approximate surface area is 119 Å². The number of carbonyl (C=O) groups excluding carboxylic acids is 1. The van der Waals surface area contributed by atoms with Gasteiger partial charge in [-0.3, -0.25) is 4.79 Å². The highest BCUT2D eigenvalue weighted by Crippen LogP contribution is 2.04. The molecule has 5 heteroatoms. The third kappa shape index (κ3) is 6.78. The summed E-state index contributed by atoms with van der Waals surface area (Å²) in [6, 6.07) is 7.72. The summed E-state index contributed by atoms with van der Waals surface area (Å²) in [7, 11) is 0. The van der Waals surface area contributed by atoms with Crippen molar-refractivity contribution in [3.63, 3.8) is 0 Å². The van der Waals surface area contributed by atoms with Crippen LogP contribution in [-0.4, -0.2) is 23.7 Å². The van der Waals surface area contributed by atoms with Crippen molar-refractivity contribution in [1.82, 2.24) is 10.6 Å². The van der Waals surface area contributed by atoms with Crippen molar-refractivity contribution in [1.29, 1.82) is 0 Å². The smallest absolute Gasteiger partial charge is 0.315 e. The SMILES string of the molecule is Cc1cccc(CNC(=O)NCC(C)CCC(=O)O)c1. The molecule has 0 fully saturated rings. The van der Waals surface area contributed by atoms with Gasteiger partial charge in [0.15, 0.2) is 0 Å². The predicted octanol–water partition coefficient (Wildman–Crippen LogP) is 2.30. The molecule has 20 heavy (non-hydrogen) atoms. The van der Waals surface area contributed by atoms with E-state index in [1.54, 1.807) is 0 Å². The number of rotatable bonds is 7. The quantitative estimate of drug-likeness (QED) is 0.716. The molecule has 0 radical (unpaired) electrons. The van der Waals surface area contributed by atoms with Crippen molar-refractivity contribution in [2.24, 2.45) is 5.92 Å². The number of urea groups is 1. The van der Waals surface area contributed by atoms with Gasteiger partial charge < -0.3 is 15.7 Å². The first-order valence-electron chi connectivity index (χ1n) is 6.76. The largest absolute Gasteiger partial charge is 0.481 e. The summed E-state index contributed by atoms with van der Waals surface area (Å²) in [6.45, 7) is 4.89. The number of carboxylic acid groups (broad SMARTS) is 1. The molecule has 1 atom stereocenters. The first-order chi connectivity index (χ1) is 9.47. The Hall–Kier alpha value is -2.04. The van der Waals surface area contributed by atoms with E-state index in [0.29, 0.717) is 19.5 Å². The number of hydrogen-bond donors (Lipinski definition) is 3. The lowest BCUT2D eigenvalue weighted by Crippen LogP contribution is -2.37. The molecule has 0 aliphatic rings. The zero-order valence-corrected chi connectivity index (χ0v) is 12.0. The summed E-state index contributed by atoms with van der Waals surface area (Å²) >= 11 is 0. The molecule has 1 unspecified atom stereocenters. The highest BCUT2D eigenvalue weighted by molar-refractivity contribution is 5.73. The van der Waals surface area contributed by atoms with Crippen molar-refractivity contribution in [2.75, 3.05) is 6.54 Å². The van der Waals surface area contributed by atoms with Gasteiger partial charge in [0, 0.05) is 19.5 Å². The van der Waals surface area contributed by atoms with Crippen LogP contribution in [0, 0.1) is 12.8 Å². The number of aryl methyl sites for hydroxylation is 1. The second-order valence-electron chi connectivity index (χ2n) is 5.09. The molecule has 0 spiro atoms. The predicted molar refractivity (Wildman–Crippen MR) is 77.5 cm³/mol. The van der Waals surface area contributed by atoms with Gasteiger partial charge in [0.2, 0.25) is 0 Å². The normalized spacial score (nSPS) is 11.7. The van der Waals surface area contributed by atoms with E-state index in [4.69, 9.17) is 5.11 Å². The molecular formula is C15H22N2O3. The van der Waals surface area contributed by atoms with E-state index in [9.17, 15) is 9.59 Å². The summed E-state index contributed by atoms with van der Waals surface area (Å²) in [5.74, 6) is -0.656. The molecule has 0 aromatic heterocycles. The Bertz CT molecular complexity index is 460. The Morgan fingerprint density at radius 3 is 2.70 bits per heavy atom. The van der Waals surface area contributed by atoms with Gasteiger partial charge in [-0.15, -0.1) is 0 Å². The molecule has 0 saturated heterocycles. The van der Waals surface area contributed by atoms with Gasteiger partial charge in [-0.1, -0.05) is 36.8 Å². The van der Waals surface area contributed by atoms with Gasteiger partial charge >= 0.3 is 12.0 Å². The van der Waals surface area contributed by atoms with Crippen LogP contribution < -0.4 is 10.6 Å². The molecule has 3 N–H and O–H groups in total. The third-order valence-electron chi connectivity index (χ3n) is 3.00. The maximum absolute atomic E-state index is 11.6. The van der Waals surface area contributed by atoms with Gasteiger partial charge in [-0.2, -0.15) is 0 Å². The van der Waals surface area contributed by atoms with Crippen LogP contribution in [0.1, 0.15) is 30.9 Å². The maximum atomic E-state index is 11.6. The minimum absolute atomic E-state index is 0.133. The van der Waals surface area contributed by atoms with E-state index >= 15 is 0 Å². The standard InChI is InChI=1S/C15H22N2O3/c1-11-4-3-5-13(8-11)10-17-15(20)16-9-12(2)6-7-14(18)19/h3-5,8,12H,6-7,9-10H2,1-2H3,(H,18,19)(H2,16,17,20). The molecule has 1 aromatic carbocycles. The Morgan fingerprint density at radius 2 is 2.05 bits per heavy atom. The van der Waals surface area contributed by atoms with Crippen molar-refractivity contribution >= 4 is 12.0 Å². The second kappa shape index (κ2) is 8.19. The Kier molecular flexibility index (Phi) is 6.56. The minimum atomic E-state index is -0.805. The van der Waals surface area contributed by atoms with Crippen LogP contribution in [0.4, 0.5) is 4.79 Å². The first-order valence-corrected chi connectivity index (χ1v) is 6.76. The van der Waals surface area contributed by atoms with Crippen LogP contribution in [-0.2, 0) is 11.3 Å². The molecule has 1 aromatic rings. The summed E-state index contributed by atoms with van der Waals surface area (Å²) in [5, 5.41) is 14.1. The van der Waals surface area contributed by atoms with Gasteiger partial charge in [0.1, 0.15) is 0 Å². The molecule has 0 aliphatic heterocycles. The van der Waals surface area contributed by atoms with Crippen LogP contribution >= 0.6 is 0 Å². The van der Waals surface area contributed by atoms with Crippen LogP contribution in [0.2, 0.25) is 0 Å². The van der Waals surface area contributed by atoms with E-state index in [-0.39, 0.29) is 18.4 Å².